The summed E-state index contributed by atoms with van der Waals surface area (Å²) in [6.07, 6.45) is 6.37. The largest absolute Gasteiger partial charge is 0.342 e. The SMILES string of the molecule is C/C=c1/c(C2(c3ccccc3)OCCCO2)c(C)cc/c1=C/CC. The number of rotatable bonds is 3. The fourth-order valence-electron chi connectivity index (χ4n) is 3.54. The van der Waals surface area contributed by atoms with Gasteiger partial charge in [0.25, 0.3) is 0 Å². The summed E-state index contributed by atoms with van der Waals surface area (Å²) < 4.78 is 12.7. The minimum absolute atomic E-state index is 0.708. The molecule has 2 aromatic rings. The van der Waals surface area contributed by atoms with E-state index < -0.39 is 5.79 Å². The van der Waals surface area contributed by atoms with Crippen LogP contribution in [0.25, 0.3) is 12.2 Å². The van der Waals surface area contributed by atoms with E-state index in [1.807, 2.05) is 18.2 Å². The molecule has 24 heavy (non-hydrogen) atoms. The smallest absolute Gasteiger partial charge is 0.223 e. The van der Waals surface area contributed by atoms with Crippen LogP contribution in [0.4, 0.5) is 0 Å². The second kappa shape index (κ2) is 7.33. The zero-order valence-corrected chi connectivity index (χ0v) is 14.8. The molecule has 0 radical (unpaired) electrons. The lowest BCUT2D eigenvalue weighted by Crippen LogP contribution is -2.46. The molecule has 0 atom stereocenters. The predicted molar refractivity (Wildman–Crippen MR) is 99.1 cm³/mol. The van der Waals surface area contributed by atoms with Crippen molar-refractivity contribution in [2.45, 2.75) is 39.4 Å². The normalized spacial score (nSPS) is 18.8. The first-order chi connectivity index (χ1) is 11.7. The first-order valence-corrected chi connectivity index (χ1v) is 8.83. The molecule has 1 saturated heterocycles. The van der Waals surface area contributed by atoms with E-state index in [0.717, 1.165) is 24.0 Å². The molecule has 2 nitrogen and oxygen atoms in total. The van der Waals surface area contributed by atoms with E-state index in [4.69, 9.17) is 9.47 Å². The quantitative estimate of drug-likeness (QED) is 0.859. The van der Waals surface area contributed by atoms with Crippen molar-refractivity contribution < 1.29 is 9.47 Å². The lowest BCUT2D eigenvalue weighted by atomic mass is 9.90. The zero-order chi connectivity index (χ0) is 17.0. The van der Waals surface area contributed by atoms with E-state index in [1.165, 1.54) is 16.0 Å². The third-order valence-corrected chi connectivity index (χ3v) is 4.58. The number of aryl methyl sites for hydroxylation is 1. The molecule has 1 fully saturated rings. The molecule has 0 N–H and O–H groups in total. The Balaban J connectivity index is 2.35. The maximum Gasteiger partial charge on any atom is 0.223 e. The fraction of sp³-hybridized carbons (Fsp3) is 0.364. The van der Waals surface area contributed by atoms with Gasteiger partial charge in [0.05, 0.1) is 13.2 Å². The van der Waals surface area contributed by atoms with Gasteiger partial charge in [0.2, 0.25) is 5.79 Å². The van der Waals surface area contributed by atoms with Gasteiger partial charge in [-0.2, -0.15) is 0 Å². The molecule has 0 aliphatic carbocycles. The fourth-order valence-corrected chi connectivity index (χ4v) is 3.54. The minimum atomic E-state index is -0.816. The van der Waals surface area contributed by atoms with Crippen molar-refractivity contribution >= 4 is 12.2 Å². The second-order valence-corrected chi connectivity index (χ2v) is 6.19. The van der Waals surface area contributed by atoms with Crippen LogP contribution in [-0.4, -0.2) is 13.2 Å². The molecule has 1 aliphatic heterocycles. The van der Waals surface area contributed by atoms with E-state index in [2.05, 4.69) is 57.2 Å². The molecule has 3 rings (SSSR count). The summed E-state index contributed by atoms with van der Waals surface area (Å²) in [5.74, 6) is -0.816. The Bertz CT molecular complexity index is 800. The second-order valence-electron chi connectivity index (χ2n) is 6.19. The molecular weight excluding hydrogens is 296 g/mol. The Hall–Kier alpha value is -1.90. The van der Waals surface area contributed by atoms with Crippen molar-refractivity contribution in [2.75, 3.05) is 13.2 Å². The van der Waals surface area contributed by atoms with Crippen molar-refractivity contribution in [2.24, 2.45) is 0 Å². The Morgan fingerprint density at radius 3 is 2.38 bits per heavy atom. The molecule has 0 amide bonds. The molecule has 0 unspecified atom stereocenters. The van der Waals surface area contributed by atoms with Crippen LogP contribution in [0.2, 0.25) is 0 Å². The van der Waals surface area contributed by atoms with Gasteiger partial charge in [-0.1, -0.05) is 61.5 Å². The summed E-state index contributed by atoms with van der Waals surface area (Å²) in [5, 5.41) is 2.45. The van der Waals surface area contributed by atoms with Gasteiger partial charge in [-0.05, 0) is 42.7 Å². The highest BCUT2D eigenvalue weighted by molar-refractivity contribution is 5.45. The molecule has 0 saturated carbocycles. The molecule has 2 aromatic carbocycles. The third kappa shape index (κ3) is 2.92. The van der Waals surface area contributed by atoms with Crippen LogP contribution < -0.4 is 10.4 Å². The summed E-state index contributed by atoms with van der Waals surface area (Å²) in [7, 11) is 0. The standard InChI is InChI=1S/C22H26O2/c1-4-10-18-14-13-17(3)21(20(18)5-2)22(23-15-9-16-24-22)19-11-7-6-8-12-19/h5-8,10-14H,4,9,15-16H2,1-3H3/b18-10-,20-5+. The van der Waals surface area contributed by atoms with Gasteiger partial charge in [-0.15, -0.1) is 0 Å². The Kier molecular flexibility index (Phi) is 5.17. The summed E-state index contributed by atoms with van der Waals surface area (Å²) >= 11 is 0. The average molecular weight is 322 g/mol. The summed E-state index contributed by atoms with van der Waals surface area (Å²) in [6, 6.07) is 14.7. The number of hydrogen-bond acceptors (Lipinski definition) is 2. The van der Waals surface area contributed by atoms with Crippen molar-refractivity contribution in [1.82, 2.24) is 0 Å². The molecule has 0 aromatic heterocycles. The van der Waals surface area contributed by atoms with Gasteiger partial charge in [0.15, 0.2) is 0 Å². The van der Waals surface area contributed by atoms with Crippen LogP contribution in [0.15, 0.2) is 42.5 Å². The van der Waals surface area contributed by atoms with Crippen LogP contribution in [0.5, 0.6) is 0 Å². The van der Waals surface area contributed by atoms with E-state index in [0.29, 0.717) is 13.2 Å². The van der Waals surface area contributed by atoms with Crippen molar-refractivity contribution in [3.05, 3.63) is 69.6 Å². The Morgan fingerprint density at radius 1 is 1.04 bits per heavy atom. The minimum Gasteiger partial charge on any atom is -0.342 e. The molecule has 2 heteroatoms. The van der Waals surface area contributed by atoms with Gasteiger partial charge in [0, 0.05) is 11.1 Å². The molecular formula is C22H26O2. The van der Waals surface area contributed by atoms with Crippen LogP contribution >= 0.6 is 0 Å². The number of benzene rings is 2. The highest BCUT2D eigenvalue weighted by Gasteiger charge is 2.40. The van der Waals surface area contributed by atoms with Crippen LogP contribution in [0, 0.1) is 6.92 Å². The van der Waals surface area contributed by atoms with Crippen molar-refractivity contribution in [1.29, 1.82) is 0 Å². The summed E-state index contributed by atoms with van der Waals surface area (Å²) in [6.45, 7) is 7.81. The highest BCUT2D eigenvalue weighted by Crippen LogP contribution is 2.37. The average Bonchev–Trinajstić information content (AvgIpc) is 2.64. The van der Waals surface area contributed by atoms with Crippen molar-refractivity contribution in [3.8, 4) is 0 Å². The molecule has 1 aliphatic rings. The van der Waals surface area contributed by atoms with Gasteiger partial charge >= 0.3 is 0 Å². The first kappa shape index (κ1) is 16.9. The van der Waals surface area contributed by atoms with E-state index >= 15 is 0 Å². The molecule has 1 heterocycles. The topological polar surface area (TPSA) is 18.5 Å². The Morgan fingerprint density at radius 2 is 1.75 bits per heavy atom. The van der Waals surface area contributed by atoms with Crippen LogP contribution in [0.3, 0.4) is 0 Å². The summed E-state index contributed by atoms with van der Waals surface area (Å²) in [5.41, 5.74) is 3.39. The number of hydrogen-bond donors (Lipinski definition) is 0. The van der Waals surface area contributed by atoms with Gasteiger partial charge in [-0.25, -0.2) is 0 Å². The number of ether oxygens (including phenoxy) is 2. The maximum atomic E-state index is 6.34. The van der Waals surface area contributed by atoms with E-state index in [1.54, 1.807) is 0 Å². The van der Waals surface area contributed by atoms with E-state index in [-0.39, 0.29) is 0 Å². The van der Waals surface area contributed by atoms with Crippen LogP contribution in [0.1, 0.15) is 43.4 Å². The summed E-state index contributed by atoms with van der Waals surface area (Å²) in [4.78, 5) is 0. The Labute approximate surface area is 144 Å². The predicted octanol–water partition coefficient (Wildman–Crippen LogP) is 3.62. The van der Waals surface area contributed by atoms with Gasteiger partial charge < -0.3 is 9.47 Å². The van der Waals surface area contributed by atoms with E-state index in [9.17, 15) is 0 Å². The maximum absolute atomic E-state index is 6.34. The monoisotopic (exact) mass is 322 g/mol. The van der Waals surface area contributed by atoms with Gasteiger partial charge in [-0.3, -0.25) is 0 Å². The molecule has 0 bridgehead atoms. The van der Waals surface area contributed by atoms with Crippen molar-refractivity contribution in [3.63, 3.8) is 0 Å². The first-order valence-electron chi connectivity index (χ1n) is 8.83. The lowest BCUT2D eigenvalue weighted by molar-refractivity contribution is -0.250. The lowest BCUT2D eigenvalue weighted by Gasteiger charge is -2.39. The molecule has 0 spiro atoms. The third-order valence-electron chi connectivity index (χ3n) is 4.58. The molecule has 126 valence electrons. The van der Waals surface area contributed by atoms with Gasteiger partial charge in [0.1, 0.15) is 0 Å². The zero-order valence-electron chi connectivity index (χ0n) is 14.8. The van der Waals surface area contributed by atoms with Crippen LogP contribution in [-0.2, 0) is 15.3 Å². The highest BCUT2D eigenvalue weighted by atomic mass is 16.7.